The molecule has 12 N–H and O–H groups in total. The Balaban J connectivity index is 0.000000121. The van der Waals surface area contributed by atoms with Gasteiger partial charge >= 0.3 is 0 Å². The van der Waals surface area contributed by atoms with E-state index in [1.54, 1.807) is 40.0 Å². The highest BCUT2D eigenvalue weighted by atomic mass is 16.4. The summed E-state index contributed by atoms with van der Waals surface area (Å²) in [6.45, 7) is 12.7. The number of nitrogens with zero attached hydrogens (tertiary/aromatic N) is 20. The van der Waals surface area contributed by atoms with Crippen molar-refractivity contribution in [3.8, 4) is 50.8 Å². The molecule has 0 unspecified atom stereocenters. The van der Waals surface area contributed by atoms with Gasteiger partial charge in [-0.2, -0.15) is 20.3 Å². The molecular formula is C92H74N26O4. The molecule has 0 spiro atoms. The standard InChI is InChI=1S/2C31H25N9O.C30H24N8O2/c1-17-6-3-4-9-24(17)40-22(13-19-8-5-7-18(2)25(19)30(40)41)15-39-29-26(28(32)35-16-36-29)27(38-39)20-10-11-23-21(12-20)14-34-31(33)37-23;1-17-6-3-4-9-24(17)40-21(12-19-8-5-7-18(2)25(19)31(40)41)14-39-30-26(29(33)36-16-37-30)27(38-39)20-10-11-23-22(13-20)28(32)35-15-34-23;1-16-6-3-4-9-22(16)38-20(12-18-8-5-7-17(2)24(18)29(38)39)14-37-28-25(27(31)33-15-34-28)26(36-37)19-10-11-23-21(13-19)35-30(32)40-23/h3-14,16H,15H2,1-2H3,(H2,32,35,36)(H2,33,34,37);3-13,15-16H,14H2,1-2H3,(H2,32,34,35)(H2,33,36,37);3-13,15H,14H2,1-2H3,(H2,32,35)(H2,31,33,34). The molecule has 0 radical (unpaired) electrons. The van der Waals surface area contributed by atoms with Gasteiger partial charge in [-0.3, -0.25) is 28.1 Å². The summed E-state index contributed by atoms with van der Waals surface area (Å²) in [5.41, 5.74) is 55.5. The van der Waals surface area contributed by atoms with Crippen molar-refractivity contribution in [3.63, 3.8) is 0 Å². The van der Waals surface area contributed by atoms with E-state index in [0.717, 1.165) is 117 Å². The van der Waals surface area contributed by atoms with Crippen LogP contribution in [0.5, 0.6) is 0 Å². The number of nitrogens with two attached hydrogens (primary N) is 6. The van der Waals surface area contributed by atoms with Crippen LogP contribution in [0.25, 0.3) is 149 Å². The first-order chi connectivity index (χ1) is 59.2. The van der Waals surface area contributed by atoms with Crippen molar-refractivity contribution in [2.24, 2.45) is 0 Å². The van der Waals surface area contributed by atoms with Gasteiger partial charge in [0.2, 0.25) is 5.95 Å². The summed E-state index contributed by atoms with van der Waals surface area (Å²) in [6.07, 6.45) is 7.38. The van der Waals surface area contributed by atoms with Crippen LogP contribution < -0.4 is 51.1 Å². The van der Waals surface area contributed by atoms with Crippen LogP contribution in [0, 0.1) is 41.5 Å². The Labute approximate surface area is 691 Å². The van der Waals surface area contributed by atoms with Gasteiger partial charge in [0.25, 0.3) is 22.7 Å². The molecule has 30 nitrogen and oxygen atoms in total. The number of rotatable bonds is 12. The fourth-order valence-electron chi connectivity index (χ4n) is 16.4. The number of nitrogen functional groups attached to an aromatic ring is 6. The normalized spacial score (nSPS) is 11.6. The van der Waals surface area contributed by atoms with E-state index in [4.69, 9.17) is 54.1 Å². The van der Waals surface area contributed by atoms with Gasteiger partial charge < -0.3 is 38.8 Å². The first kappa shape index (κ1) is 75.3. The molecular weight excluding hydrogens is 1530 g/mol. The lowest BCUT2D eigenvalue weighted by atomic mass is 10.1. The number of fused-ring (bicyclic) bond motifs is 9. The van der Waals surface area contributed by atoms with E-state index < -0.39 is 0 Å². The number of hydrogen-bond acceptors (Lipinski definition) is 24. The summed E-state index contributed by atoms with van der Waals surface area (Å²) in [7, 11) is 0. The minimum atomic E-state index is -0.0835. The molecule has 9 aromatic carbocycles. The summed E-state index contributed by atoms with van der Waals surface area (Å²) < 4.78 is 16.1. The van der Waals surface area contributed by atoms with E-state index in [1.165, 1.54) is 25.3 Å². The fraction of sp³-hybridized carbons (Fsp3) is 0.0978. The van der Waals surface area contributed by atoms with Crippen LogP contribution in [0.4, 0.5) is 35.2 Å². The maximum absolute atomic E-state index is 14.1. The van der Waals surface area contributed by atoms with Crippen LogP contribution in [0.2, 0.25) is 0 Å². The monoisotopic (exact) mass is 1610 g/mol. The quantitative estimate of drug-likeness (QED) is 0.0661. The molecule has 0 saturated carbocycles. The molecule has 0 aliphatic rings. The number of pyridine rings is 3. The van der Waals surface area contributed by atoms with Gasteiger partial charge in [-0.05, 0) is 170 Å². The van der Waals surface area contributed by atoms with Crippen molar-refractivity contribution in [1.82, 2.24) is 97.9 Å². The Kier molecular flexibility index (Phi) is 18.5. The Hall–Kier alpha value is -16.8. The summed E-state index contributed by atoms with van der Waals surface area (Å²) in [4.78, 5) is 89.7. The number of para-hydroxylation sites is 3. The van der Waals surface area contributed by atoms with E-state index in [0.29, 0.717) is 106 Å². The Morgan fingerprint density at radius 3 is 1.13 bits per heavy atom. The van der Waals surface area contributed by atoms with Crippen molar-refractivity contribution >= 4 is 134 Å². The molecule has 30 heteroatoms. The van der Waals surface area contributed by atoms with Gasteiger partial charge in [0.15, 0.2) is 22.5 Å². The molecule has 21 rings (SSSR count). The number of oxazole rings is 1. The fourth-order valence-corrected chi connectivity index (χ4v) is 16.4. The van der Waals surface area contributed by atoms with Crippen LogP contribution in [0.1, 0.15) is 50.5 Å². The lowest BCUT2D eigenvalue weighted by molar-refractivity contribution is 0.626. The minimum absolute atomic E-state index is 0.0791. The number of aryl methyl sites for hydroxylation is 6. The Morgan fingerprint density at radius 2 is 0.697 bits per heavy atom. The van der Waals surface area contributed by atoms with E-state index in [1.807, 2.05) is 236 Å². The second kappa shape index (κ2) is 30.0. The SMILES string of the molecule is Cc1ccccc1-n1c(Cn2nc(-c3ccc4nc(N)ncc4c3)c3c(N)ncnc32)cc2cccc(C)c2c1=O.Cc1ccccc1-n1c(Cn2nc(-c3ccc4ncnc(N)c4c3)c3c(N)ncnc32)cc2cccc(C)c2c1=O.Cc1ccccc1-n1c(Cn2nc(-c3ccc4oc(N)nc4c3)c3c(N)ncnc32)cc2cccc(C)c2c1=O. The smallest absolute Gasteiger partial charge is 0.292 e. The zero-order chi connectivity index (χ0) is 84.0. The highest BCUT2D eigenvalue weighted by molar-refractivity contribution is 6.03. The van der Waals surface area contributed by atoms with E-state index in [9.17, 15) is 14.4 Å². The Morgan fingerprint density at radius 1 is 0.320 bits per heavy atom. The highest BCUT2D eigenvalue weighted by Gasteiger charge is 2.27. The molecule has 0 atom stereocenters. The van der Waals surface area contributed by atoms with Gasteiger partial charge in [0.05, 0.1) is 80.0 Å². The number of benzene rings is 9. The Bertz CT molecular complexity index is 8090. The zero-order valence-electron chi connectivity index (χ0n) is 66.6. The summed E-state index contributed by atoms with van der Waals surface area (Å²) >= 11 is 0. The van der Waals surface area contributed by atoms with Crippen LogP contribution in [-0.2, 0) is 19.6 Å². The second-order valence-electron chi connectivity index (χ2n) is 29.9. The molecule has 0 fully saturated rings. The molecule has 12 aromatic heterocycles. The molecule has 596 valence electrons. The lowest BCUT2D eigenvalue weighted by Crippen LogP contribution is -2.25. The molecule has 122 heavy (non-hydrogen) atoms. The van der Waals surface area contributed by atoms with Crippen molar-refractivity contribution < 1.29 is 4.42 Å². The van der Waals surface area contributed by atoms with Crippen LogP contribution in [-0.4, -0.2) is 97.9 Å². The van der Waals surface area contributed by atoms with Crippen LogP contribution >= 0.6 is 0 Å². The number of aromatic nitrogens is 20. The molecule has 0 bridgehead atoms. The predicted molar refractivity (Wildman–Crippen MR) is 477 cm³/mol. The third-order valence-corrected chi connectivity index (χ3v) is 22.2. The van der Waals surface area contributed by atoms with Crippen molar-refractivity contribution in [2.75, 3.05) is 34.4 Å². The van der Waals surface area contributed by atoms with Gasteiger partial charge in [-0.15, -0.1) is 0 Å². The summed E-state index contributed by atoms with van der Waals surface area (Å²) in [6, 6.07) is 64.3. The molecule has 0 aliphatic heterocycles. The average Bonchev–Trinajstić information content (AvgIpc) is 1.74. The van der Waals surface area contributed by atoms with Gasteiger partial charge in [-0.25, -0.2) is 63.9 Å². The van der Waals surface area contributed by atoms with Gasteiger partial charge in [0.1, 0.15) is 71.2 Å². The topological polar surface area (TPSA) is 431 Å². The first-order valence-electron chi connectivity index (χ1n) is 38.9. The number of hydrogen-bond donors (Lipinski definition) is 6. The largest absolute Gasteiger partial charge is 0.424 e. The van der Waals surface area contributed by atoms with Gasteiger partial charge in [0, 0.05) is 50.7 Å². The van der Waals surface area contributed by atoms with Crippen LogP contribution in [0.3, 0.4) is 0 Å². The summed E-state index contributed by atoms with van der Waals surface area (Å²) in [5, 5.41) is 22.9. The minimum Gasteiger partial charge on any atom is -0.424 e. The lowest BCUT2D eigenvalue weighted by Gasteiger charge is -2.17. The van der Waals surface area contributed by atoms with E-state index in [2.05, 4.69) is 54.8 Å². The van der Waals surface area contributed by atoms with E-state index in [-0.39, 0.29) is 48.3 Å². The zero-order valence-corrected chi connectivity index (χ0v) is 66.6. The number of anilines is 6. The predicted octanol–water partition coefficient (Wildman–Crippen LogP) is 13.9. The molecule has 0 saturated heterocycles. The molecule has 12 heterocycles. The maximum Gasteiger partial charge on any atom is 0.292 e. The van der Waals surface area contributed by atoms with Crippen molar-refractivity contribution in [3.05, 3.63) is 313 Å². The van der Waals surface area contributed by atoms with Crippen molar-refractivity contribution in [2.45, 2.75) is 61.2 Å². The third-order valence-electron chi connectivity index (χ3n) is 22.2. The third kappa shape index (κ3) is 13.2. The second-order valence-corrected chi connectivity index (χ2v) is 29.9. The highest BCUT2D eigenvalue weighted by Crippen LogP contribution is 2.38. The average molecular weight is 1610 g/mol. The summed E-state index contributed by atoms with van der Waals surface area (Å²) in [5.74, 6) is 1.51. The molecule has 0 aliphatic carbocycles. The first-order valence-corrected chi connectivity index (χ1v) is 38.9. The molecule has 0 amide bonds. The van der Waals surface area contributed by atoms with Crippen LogP contribution in [0.15, 0.2) is 250 Å². The van der Waals surface area contributed by atoms with Crippen molar-refractivity contribution in [1.29, 1.82) is 0 Å². The van der Waals surface area contributed by atoms with Gasteiger partial charge in [-0.1, -0.05) is 121 Å². The molecule has 21 aromatic rings. The maximum atomic E-state index is 14.1. The van der Waals surface area contributed by atoms with E-state index >= 15 is 0 Å².